The van der Waals surface area contributed by atoms with Gasteiger partial charge in [-0.1, -0.05) is 60.7 Å². The number of β-amino-alcohol motifs (C(OH)–C–C–N with tert-alkyl or cyclic N) is 1. The van der Waals surface area contributed by atoms with Crippen molar-refractivity contribution in [2.24, 2.45) is 0 Å². The summed E-state index contributed by atoms with van der Waals surface area (Å²) in [5, 5.41) is 18.6. The highest BCUT2D eigenvalue weighted by molar-refractivity contribution is 5.68. The van der Waals surface area contributed by atoms with Crippen LogP contribution in [0.5, 0.6) is 0 Å². The number of fused-ring (bicyclic) bond motifs is 1. The molecule has 8 heteroatoms. The Bertz CT molecular complexity index is 1190. The molecule has 0 saturated carbocycles. The monoisotopic (exact) mass is 443 g/mol. The summed E-state index contributed by atoms with van der Waals surface area (Å²) in [7, 11) is 0. The van der Waals surface area contributed by atoms with E-state index in [0.717, 1.165) is 26.2 Å². The van der Waals surface area contributed by atoms with Crippen molar-refractivity contribution in [2.75, 3.05) is 32.7 Å². The molecule has 4 aromatic rings. The number of piperazine rings is 1. The highest BCUT2D eigenvalue weighted by Crippen LogP contribution is 2.29. The van der Waals surface area contributed by atoms with Gasteiger partial charge in [0, 0.05) is 32.7 Å². The van der Waals surface area contributed by atoms with Crippen molar-refractivity contribution >= 4 is 11.2 Å². The standard InChI is InChI=1S/C25H29N7O/c26-24-22-25(28-17-27-22)32(18-29-24)16-21(33)15-30-11-13-31(14-12-30)23(19-7-3-1-4-8-19)20-9-5-2-6-10-20/h1-10,17-18,21,23,26,33H,11-16H2,(H,27,28)/t21-/m1/s1. The van der Waals surface area contributed by atoms with Crippen LogP contribution in [-0.2, 0) is 6.54 Å². The van der Waals surface area contributed by atoms with Gasteiger partial charge in [-0.25, -0.2) is 9.97 Å². The van der Waals surface area contributed by atoms with Gasteiger partial charge in [-0.2, -0.15) is 0 Å². The molecule has 170 valence electrons. The van der Waals surface area contributed by atoms with Crippen molar-refractivity contribution in [1.29, 1.82) is 5.41 Å². The minimum absolute atomic E-state index is 0.163. The maximum atomic E-state index is 10.8. The lowest BCUT2D eigenvalue weighted by Gasteiger charge is -2.40. The van der Waals surface area contributed by atoms with Gasteiger partial charge in [0.15, 0.2) is 11.1 Å². The second-order valence-corrected chi connectivity index (χ2v) is 8.56. The minimum atomic E-state index is -0.543. The number of benzene rings is 2. The zero-order chi connectivity index (χ0) is 22.6. The number of H-pyrrole nitrogens is 1. The van der Waals surface area contributed by atoms with E-state index in [4.69, 9.17) is 5.41 Å². The second-order valence-electron chi connectivity index (χ2n) is 8.56. The number of rotatable bonds is 7. The van der Waals surface area contributed by atoms with Crippen LogP contribution >= 0.6 is 0 Å². The van der Waals surface area contributed by atoms with Gasteiger partial charge < -0.3 is 14.7 Å². The van der Waals surface area contributed by atoms with Crippen LogP contribution in [0.2, 0.25) is 0 Å². The van der Waals surface area contributed by atoms with Crippen LogP contribution < -0.4 is 5.49 Å². The fraction of sp³-hybridized carbons (Fsp3) is 0.320. The van der Waals surface area contributed by atoms with Crippen LogP contribution in [0.25, 0.3) is 11.2 Å². The zero-order valence-corrected chi connectivity index (χ0v) is 18.5. The van der Waals surface area contributed by atoms with Crippen LogP contribution in [0.1, 0.15) is 17.2 Å². The summed E-state index contributed by atoms with van der Waals surface area (Å²) >= 11 is 0. The van der Waals surface area contributed by atoms with Gasteiger partial charge in [0.1, 0.15) is 5.52 Å². The summed E-state index contributed by atoms with van der Waals surface area (Å²) < 4.78 is 1.81. The number of hydrogen-bond acceptors (Lipinski definition) is 6. The van der Waals surface area contributed by atoms with Crippen LogP contribution in [0.4, 0.5) is 0 Å². The van der Waals surface area contributed by atoms with Crippen molar-refractivity contribution < 1.29 is 5.11 Å². The topological polar surface area (TPSA) is 97.1 Å². The Morgan fingerprint density at radius 2 is 1.52 bits per heavy atom. The Labute approximate surface area is 192 Å². The van der Waals surface area contributed by atoms with Crippen LogP contribution in [-0.4, -0.2) is 73.3 Å². The SMILES string of the molecule is N=c1ncn(C[C@H](O)CN2CCN(C(c3ccccc3)c3ccccc3)CC2)c2nc[nH]c12. The van der Waals surface area contributed by atoms with E-state index in [2.05, 4.69) is 85.4 Å². The maximum absolute atomic E-state index is 10.8. The van der Waals surface area contributed by atoms with Gasteiger partial charge >= 0.3 is 0 Å². The molecular formula is C25H29N7O. The first kappa shape index (κ1) is 21.5. The van der Waals surface area contributed by atoms with Crippen molar-refractivity contribution in [3.63, 3.8) is 0 Å². The number of nitrogens with zero attached hydrogens (tertiary/aromatic N) is 5. The van der Waals surface area contributed by atoms with E-state index < -0.39 is 6.10 Å². The quantitative estimate of drug-likeness (QED) is 0.406. The Morgan fingerprint density at radius 3 is 2.15 bits per heavy atom. The number of aliphatic hydroxyl groups excluding tert-OH is 1. The molecule has 8 nitrogen and oxygen atoms in total. The molecular weight excluding hydrogens is 414 g/mol. The van der Waals surface area contributed by atoms with E-state index in [1.165, 1.54) is 11.1 Å². The average molecular weight is 444 g/mol. The summed E-state index contributed by atoms with van der Waals surface area (Å²) in [5.74, 6) is 0. The van der Waals surface area contributed by atoms with E-state index in [9.17, 15) is 5.11 Å². The summed E-state index contributed by atoms with van der Waals surface area (Å²) in [6, 6.07) is 21.6. The van der Waals surface area contributed by atoms with Crippen molar-refractivity contribution in [3.05, 3.63) is 89.9 Å². The molecule has 3 N–H and O–H groups in total. The number of imidazole rings is 1. The molecule has 2 aromatic heterocycles. The second kappa shape index (κ2) is 9.66. The lowest BCUT2D eigenvalue weighted by atomic mass is 9.96. The fourth-order valence-corrected chi connectivity index (χ4v) is 4.73. The van der Waals surface area contributed by atoms with Gasteiger partial charge in [0.05, 0.1) is 31.3 Å². The Morgan fingerprint density at radius 1 is 0.879 bits per heavy atom. The number of aromatic amines is 1. The lowest BCUT2D eigenvalue weighted by molar-refractivity contribution is 0.0558. The Balaban J connectivity index is 1.23. The first-order valence-electron chi connectivity index (χ1n) is 11.4. The Kier molecular flexibility index (Phi) is 6.30. The van der Waals surface area contributed by atoms with Crippen LogP contribution in [0.15, 0.2) is 73.3 Å². The summed E-state index contributed by atoms with van der Waals surface area (Å²) in [6.07, 6.45) is 2.60. The maximum Gasteiger partial charge on any atom is 0.173 e. The minimum Gasteiger partial charge on any atom is -0.390 e. The molecule has 2 aromatic carbocycles. The van der Waals surface area contributed by atoms with Gasteiger partial charge in [0.25, 0.3) is 0 Å². The molecule has 1 fully saturated rings. The number of aromatic nitrogens is 4. The molecule has 1 aliphatic rings. The molecule has 0 aliphatic carbocycles. The first-order chi connectivity index (χ1) is 16.2. The van der Waals surface area contributed by atoms with Crippen LogP contribution in [0.3, 0.4) is 0 Å². The summed E-state index contributed by atoms with van der Waals surface area (Å²) in [4.78, 5) is 16.2. The first-order valence-corrected chi connectivity index (χ1v) is 11.4. The van der Waals surface area contributed by atoms with Crippen LogP contribution in [0, 0.1) is 5.41 Å². The number of aliphatic hydroxyl groups is 1. The van der Waals surface area contributed by atoms with E-state index >= 15 is 0 Å². The average Bonchev–Trinajstić information content (AvgIpc) is 3.35. The Hall–Kier alpha value is -3.33. The zero-order valence-electron chi connectivity index (χ0n) is 18.5. The number of hydrogen-bond donors (Lipinski definition) is 3. The molecule has 33 heavy (non-hydrogen) atoms. The molecule has 0 amide bonds. The third-order valence-corrected chi connectivity index (χ3v) is 6.33. The summed E-state index contributed by atoms with van der Waals surface area (Å²) in [5.41, 5.74) is 4.01. The van der Waals surface area contributed by atoms with Gasteiger partial charge in [-0.05, 0) is 11.1 Å². The van der Waals surface area contributed by atoms with Gasteiger partial charge in [0.2, 0.25) is 0 Å². The van der Waals surface area contributed by atoms with Crippen molar-refractivity contribution in [1.82, 2.24) is 29.3 Å². The number of nitrogens with one attached hydrogen (secondary N) is 2. The van der Waals surface area contributed by atoms with E-state index in [0.29, 0.717) is 24.3 Å². The lowest BCUT2D eigenvalue weighted by Crippen LogP contribution is -2.50. The molecule has 3 heterocycles. The highest BCUT2D eigenvalue weighted by atomic mass is 16.3. The highest BCUT2D eigenvalue weighted by Gasteiger charge is 2.27. The molecule has 1 saturated heterocycles. The predicted molar refractivity (Wildman–Crippen MR) is 126 cm³/mol. The molecule has 5 rings (SSSR count). The van der Waals surface area contributed by atoms with E-state index in [1.807, 2.05) is 4.57 Å². The van der Waals surface area contributed by atoms with E-state index in [1.54, 1.807) is 12.7 Å². The smallest absolute Gasteiger partial charge is 0.173 e. The normalized spacial score (nSPS) is 16.4. The predicted octanol–water partition coefficient (Wildman–Crippen LogP) is 2.01. The van der Waals surface area contributed by atoms with Crippen molar-refractivity contribution in [2.45, 2.75) is 18.7 Å². The molecule has 0 radical (unpaired) electrons. The van der Waals surface area contributed by atoms with Gasteiger partial charge in [-0.15, -0.1) is 0 Å². The van der Waals surface area contributed by atoms with E-state index in [-0.39, 0.29) is 11.5 Å². The fourth-order valence-electron chi connectivity index (χ4n) is 4.73. The molecule has 0 unspecified atom stereocenters. The molecule has 1 atom stereocenters. The van der Waals surface area contributed by atoms with Crippen molar-refractivity contribution in [3.8, 4) is 0 Å². The van der Waals surface area contributed by atoms with Gasteiger partial charge in [-0.3, -0.25) is 15.2 Å². The molecule has 0 bridgehead atoms. The molecule has 1 aliphatic heterocycles. The third kappa shape index (κ3) is 4.73. The third-order valence-electron chi connectivity index (χ3n) is 6.33. The molecule has 0 spiro atoms. The summed E-state index contributed by atoms with van der Waals surface area (Å²) in [6.45, 7) is 4.67. The largest absolute Gasteiger partial charge is 0.390 e.